The highest BCUT2D eigenvalue weighted by Gasteiger charge is 2.18. The topological polar surface area (TPSA) is 98.2 Å². The average Bonchev–Trinajstić information content (AvgIpc) is 2.29. The quantitative estimate of drug-likeness (QED) is 0.701. The Morgan fingerprint density at radius 3 is 2.33 bits per heavy atom. The van der Waals surface area contributed by atoms with Crippen LogP contribution < -0.4 is 16.8 Å². The summed E-state index contributed by atoms with van der Waals surface area (Å²) >= 11 is 0. The number of amides is 2. The molecule has 18 heavy (non-hydrogen) atoms. The Labute approximate surface area is 112 Å². The number of primary amides is 1. The van der Waals surface area contributed by atoms with E-state index < -0.39 is 18.0 Å². The first-order valence-corrected chi connectivity index (χ1v) is 5.40. The molecule has 5 N–H and O–H groups in total. The number of rotatable bonds is 5. The van der Waals surface area contributed by atoms with Crippen LogP contribution in [-0.2, 0) is 16.0 Å². The van der Waals surface area contributed by atoms with Gasteiger partial charge in [-0.3, -0.25) is 9.59 Å². The fraction of sp³-hybridized carbons (Fsp3) is 0.333. The van der Waals surface area contributed by atoms with Crippen LogP contribution in [0.15, 0.2) is 30.3 Å². The minimum Gasteiger partial charge on any atom is -0.368 e. The number of nitrogens with one attached hydrogen (secondary N) is 1. The first kappa shape index (κ1) is 16.4. The third kappa shape index (κ3) is 5.16. The van der Waals surface area contributed by atoms with E-state index in [2.05, 4.69) is 5.32 Å². The fourth-order valence-electron chi connectivity index (χ4n) is 1.35. The average molecular weight is 272 g/mol. The number of halogens is 1. The summed E-state index contributed by atoms with van der Waals surface area (Å²) in [6.45, 7) is 1.52. The van der Waals surface area contributed by atoms with Crippen molar-refractivity contribution >= 4 is 24.2 Å². The van der Waals surface area contributed by atoms with Gasteiger partial charge >= 0.3 is 0 Å². The summed E-state index contributed by atoms with van der Waals surface area (Å²) in [5, 5.41) is 2.46. The summed E-state index contributed by atoms with van der Waals surface area (Å²) < 4.78 is 0. The molecule has 0 aliphatic carbocycles. The summed E-state index contributed by atoms with van der Waals surface area (Å²) in [5.74, 6) is -0.953. The van der Waals surface area contributed by atoms with Crippen LogP contribution in [0.5, 0.6) is 0 Å². The number of hydrogen-bond acceptors (Lipinski definition) is 3. The van der Waals surface area contributed by atoms with Crippen molar-refractivity contribution in [2.45, 2.75) is 25.4 Å². The number of carbonyl (C=O) groups excluding carboxylic acids is 2. The molecule has 2 amide bonds. The maximum absolute atomic E-state index is 11.6. The van der Waals surface area contributed by atoms with Crippen molar-refractivity contribution in [2.24, 2.45) is 11.5 Å². The smallest absolute Gasteiger partial charge is 0.239 e. The van der Waals surface area contributed by atoms with Crippen LogP contribution in [0.2, 0.25) is 0 Å². The lowest BCUT2D eigenvalue weighted by atomic mass is 10.1. The van der Waals surface area contributed by atoms with Crippen LogP contribution in [-0.4, -0.2) is 23.9 Å². The normalized spacial score (nSPS) is 13.0. The van der Waals surface area contributed by atoms with Gasteiger partial charge in [0.2, 0.25) is 11.8 Å². The number of nitrogens with two attached hydrogens (primary N) is 2. The third-order valence-electron chi connectivity index (χ3n) is 2.42. The highest BCUT2D eigenvalue weighted by molar-refractivity contribution is 5.88. The first-order chi connectivity index (χ1) is 8.00. The molecular formula is C12H18ClN3O2. The molecule has 0 aliphatic heterocycles. The molecule has 0 bridgehead atoms. The first-order valence-electron chi connectivity index (χ1n) is 5.40. The second-order valence-corrected chi connectivity index (χ2v) is 3.93. The van der Waals surface area contributed by atoms with Gasteiger partial charge in [0.05, 0.1) is 6.04 Å². The molecule has 0 fully saturated rings. The Morgan fingerprint density at radius 2 is 1.83 bits per heavy atom. The zero-order valence-corrected chi connectivity index (χ0v) is 10.9. The molecule has 0 spiro atoms. The standard InChI is InChI=1S/C12H17N3O2.ClH/c1-8(11(14)16)15-12(17)10(13)7-9-5-3-2-4-6-9;/h2-6,8,10H,7,13H2,1H3,(H2,14,16)(H,15,17);1H/t8-,10-;/m0./s1. The van der Waals surface area contributed by atoms with Crippen LogP contribution in [0.3, 0.4) is 0 Å². The zero-order chi connectivity index (χ0) is 12.8. The number of benzene rings is 1. The van der Waals surface area contributed by atoms with E-state index in [1.807, 2.05) is 30.3 Å². The molecule has 0 saturated carbocycles. The van der Waals surface area contributed by atoms with Crippen LogP contribution in [0.4, 0.5) is 0 Å². The second kappa shape index (κ2) is 7.68. The van der Waals surface area contributed by atoms with Crippen LogP contribution in [0, 0.1) is 0 Å². The van der Waals surface area contributed by atoms with E-state index in [-0.39, 0.29) is 18.3 Å². The van der Waals surface area contributed by atoms with Gasteiger partial charge in [0.25, 0.3) is 0 Å². The third-order valence-corrected chi connectivity index (χ3v) is 2.42. The van der Waals surface area contributed by atoms with Gasteiger partial charge in [-0.15, -0.1) is 12.4 Å². The Bertz CT molecular complexity index is 398. The fourth-order valence-corrected chi connectivity index (χ4v) is 1.35. The predicted molar refractivity (Wildman–Crippen MR) is 72.2 cm³/mol. The minimum atomic E-state index is -0.704. The lowest BCUT2D eigenvalue weighted by Crippen LogP contribution is -2.49. The van der Waals surface area contributed by atoms with E-state index in [1.54, 1.807) is 0 Å². The monoisotopic (exact) mass is 271 g/mol. The van der Waals surface area contributed by atoms with E-state index in [4.69, 9.17) is 11.5 Å². The Kier molecular flexibility index (Phi) is 7.00. The highest BCUT2D eigenvalue weighted by Crippen LogP contribution is 2.02. The number of hydrogen-bond donors (Lipinski definition) is 3. The van der Waals surface area contributed by atoms with E-state index in [0.29, 0.717) is 6.42 Å². The predicted octanol–water partition coefficient (Wildman–Crippen LogP) is -0.0318. The van der Waals surface area contributed by atoms with Gasteiger partial charge in [0.15, 0.2) is 0 Å². The summed E-state index contributed by atoms with van der Waals surface area (Å²) in [6.07, 6.45) is 0.429. The van der Waals surface area contributed by atoms with Crippen molar-refractivity contribution in [3.8, 4) is 0 Å². The van der Waals surface area contributed by atoms with E-state index in [9.17, 15) is 9.59 Å². The Balaban J connectivity index is 0.00000289. The van der Waals surface area contributed by atoms with Crippen LogP contribution in [0.25, 0.3) is 0 Å². The summed E-state index contributed by atoms with van der Waals surface area (Å²) in [6, 6.07) is 8.06. The summed E-state index contributed by atoms with van der Waals surface area (Å²) in [4.78, 5) is 22.4. The molecule has 2 atom stereocenters. The SMILES string of the molecule is C[C@H](NC(=O)[C@@H](N)Cc1ccccc1)C(N)=O.Cl. The van der Waals surface area contributed by atoms with Gasteiger partial charge in [0, 0.05) is 0 Å². The highest BCUT2D eigenvalue weighted by atomic mass is 35.5. The van der Waals surface area contributed by atoms with Crippen molar-refractivity contribution in [1.82, 2.24) is 5.32 Å². The molecule has 100 valence electrons. The Hall–Kier alpha value is -1.59. The molecular weight excluding hydrogens is 254 g/mol. The molecule has 6 heteroatoms. The van der Waals surface area contributed by atoms with Crippen LogP contribution in [0.1, 0.15) is 12.5 Å². The number of carbonyl (C=O) groups is 2. The maximum Gasteiger partial charge on any atom is 0.239 e. The summed E-state index contributed by atoms with van der Waals surface area (Å²) in [5.41, 5.74) is 11.7. The molecule has 0 aliphatic rings. The Morgan fingerprint density at radius 1 is 1.28 bits per heavy atom. The molecule has 0 aromatic heterocycles. The van der Waals surface area contributed by atoms with Gasteiger partial charge in [-0.2, -0.15) is 0 Å². The van der Waals surface area contributed by atoms with Crippen molar-refractivity contribution in [3.05, 3.63) is 35.9 Å². The van der Waals surface area contributed by atoms with E-state index >= 15 is 0 Å². The molecule has 0 heterocycles. The van der Waals surface area contributed by atoms with Crippen molar-refractivity contribution in [1.29, 1.82) is 0 Å². The second-order valence-electron chi connectivity index (χ2n) is 3.93. The lowest BCUT2D eigenvalue weighted by Gasteiger charge is -2.15. The molecule has 1 rings (SSSR count). The van der Waals surface area contributed by atoms with E-state index in [0.717, 1.165) is 5.56 Å². The summed E-state index contributed by atoms with van der Waals surface area (Å²) in [7, 11) is 0. The van der Waals surface area contributed by atoms with Crippen molar-refractivity contribution in [2.75, 3.05) is 0 Å². The zero-order valence-electron chi connectivity index (χ0n) is 10.1. The van der Waals surface area contributed by atoms with Crippen LogP contribution >= 0.6 is 12.4 Å². The van der Waals surface area contributed by atoms with Gasteiger partial charge < -0.3 is 16.8 Å². The van der Waals surface area contributed by atoms with Gasteiger partial charge in [-0.05, 0) is 18.9 Å². The molecule has 5 nitrogen and oxygen atoms in total. The van der Waals surface area contributed by atoms with E-state index in [1.165, 1.54) is 6.92 Å². The minimum absolute atomic E-state index is 0. The van der Waals surface area contributed by atoms with Crippen molar-refractivity contribution in [3.63, 3.8) is 0 Å². The molecule has 0 radical (unpaired) electrons. The van der Waals surface area contributed by atoms with Gasteiger partial charge in [-0.1, -0.05) is 30.3 Å². The molecule has 0 unspecified atom stereocenters. The van der Waals surface area contributed by atoms with Crippen molar-refractivity contribution < 1.29 is 9.59 Å². The van der Waals surface area contributed by atoms with Gasteiger partial charge in [0.1, 0.15) is 6.04 Å². The van der Waals surface area contributed by atoms with Gasteiger partial charge in [-0.25, -0.2) is 0 Å². The molecule has 1 aromatic carbocycles. The lowest BCUT2D eigenvalue weighted by molar-refractivity contribution is -0.127. The molecule has 0 saturated heterocycles. The maximum atomic E-state index is 11.6. The molecule has 1 aromatic rings. The largest absolute Gasteiger partial charge is 0.368 e.